The van der Waals surface area contributed by atoms with Crippen molar-refractivity contribution in [3.63, 3.8) is 0 Å². The Morgan fingerprint density at radius 1 is 1.33 bits per heavy atom. The first kappa shape index (κ1) is 29.0. The number of aliphatic hydroxyl groups is 1. The number of pyridine rings is 1. The summed E-state index contributed by atoms with van der Waals surface area (Å²) in [5.41, 5.74) is 0.893. The molecule has 2 aromatic rings. The van der Waals surface area contributed by atoms with Crippen LogP contribution in [-0.2, 0) is 27.4 Å². The van der Waals surface area contributed by atoms with Crippen LogP contribution in [0.4, 0.5) is 10.2 Å². The smallest absolute Gasteiger partial charge is 0.306 e. The van der Waals surface area contributed by atoms with Crippen molar-refractivity contribution < 1.29 is 33.3 Å². The van der Waals surface area contributed by atoms with Crippen LogP contribution in [-0.4, -0.2) is 58.8 Å². The summed E-state index contributed by atoms with van der Waals surface area (Å²) in [6, 6.07) is 4.27. The molecule has 3 atom stereocenters. The number of anilines is 1. The zero-order valence-corrected chi connectivity index (χ0v) is 23.6. The summed E-state index contributed by atoms with van der Waals surface area (Å²) in [5, 5.41) is 12.9. The number of nitrogens with one attached hydrogen (secondary N) is 1. The number of aliphatic hydroxyl groups excluding tert-OH is 1. The first-order valence-electron chi connectivity index (χ1n) is 13.0. The summed E-state index contributed by atoms with van der Waals surface area (Å²) in [5.74, 6) is -1.20. The van der Waals surface area contributed by atoms with Crippen LogP contribution in [0.5, 0.6) is 5.75 Å². The molecule has 2 aliphatic rings. The number of amides is 1. The largest absolute Gasteiger partial charge is 0.497 e. The minimum Gasteiger partial charge on any atom is -0.497 e. The SMILES string of the molecule is COc1ccc(CN2C(=O)c3c(Cl)nc(N[C@@H]4CCOC[C@@H]4CC(=O)OC(C)(C)C)c(F)c3C2C)c(CO)c1. The lowest BCUT2D eigenvalue weighted by atomic mass is 9.92. The van der Waals surface area contributed by atoms with Crippen molar-refractivity contribution in [2.45, 2.75) is 71.4 Å². The van der Waals surface area contributed by atoms with E-state index in [1.807, 2.05) is 0 Å². The summed E-state index contributed by atoms with van der Waals surface area (Å²) in [7, 11) is 1.53. The molecule has 1 amide bonds. The quantitative estimate of drug-likeness (QED) is 0.353. The maximum Gasteiger partial charge on any atom is 0.306 e. The molecule has 1 saturated heterocycles. The number of hydrogen-bond donors (Lipinski definition) is 2. The average Bonchev–Trinajstić information content (AvgIpc) is 3.12. The number of esters is 1. The van der Waals surface area contributed by atoms with Crippen molar-refractivity contribution in [1.82, 2.24) is 9.88 Å². The Kier molecular flexibility index (Phi) is 8.68. The minimum atomic E-state index is -0.655. The molecule has 0 aliphatic carbocycles. The molecule has 212 valence electrons. The van der Waals surface area contributed by atoms with Crippen LogP contribution in [0.3, 0.4) is 0 Å². The van der Waals surface area contributed by atoms with Gasteiger partial charge in [-0.2, -0.15) is 0 Å². The highest BCUT2D eigenvalue weighted by molar-refractivity contribution is 6.33. The number of ether oxygens (including phenoxy) is 3. The van der Waals surface area contributed by atoms with E-state index in [1.165, 1.54) is 12.0 Å². The second-order valence-electron chi connectivity index (χ2n) is 10.9. The van der Waals surface area contributed by atoms with Crippen molar-refractivity contribution >= 4 is 29.3 Å². The third-order valence-electron chi connectivity index (χ3n) is 7.06. The van der Waals surface area contributed by atoms with Gasteiger partial charge >= 0.3 is 5.97 Å². The van der Waals surface area contributed by atoms with Crippen molar-refractivity contribution in [2.24, 2.45) is 5.92 Å². The lowest BCUT2D eigenvalue weighted by Crippen LogP contribution is -2.40. The van der Waals surface area contributed by atoms with Crippen molar-refractivity contribution in [3.05, 3.63) is 51.4 Å². The first-order valence-corrected chi connectivity index (χ1v) is 13.3. The molecule has 1 aromatic carbocycles. The van der Waals surface area contributed by atoms with E-state index in [9.17, 15) is 14.7 Å². The Labute approximate surface area is 232 Å². The highest BCUT2D eigenvalue weighted by Crippen LogP contribution is 2.42. The fourth-order valence-corrected chi connectivity index (χ4v) is 5.37. The van der Waals surface area contributed by atoms with E-state index in [1.54, 1.807) is 45.9 Å². The van der Waals surface area contributed by atoms with Crippen molar-refractivity contribution in [1.29, 1.82) is 0 Å². The molecule has 0 bridgehead atoms. The lowest BCUT2D eigenvalue weighted by Gasteiger charge is -2.33. The van der Waals surface area contributed by atoms with Gasteiger partial charge in [-0.3, -0.25) is 9.59 Å². The molecule has 0 spiro atoms. The molecule has 4 rings (SSSR count). The fourth-order valence-electron chi connectivity index (χ4n) is 5.10. The lowest BCUT2D eigenvalue weighted by molar-refractivity contribution is -0.157. The highest BCUT2D eigenvalue weighted by Gasteiger charge is 2.41. The molecule has 1 fully saturated rings. The number of nitrogens with zero attached hydrogens (tertiary/aromatic N) is 2. The minimum absolute atomic E-state index is 0.0311. The summed E-state index contributed by atoms with van der Waals surface area (Å²) in [6.07, 6.45) is 0.637. The van der Waals surface area contributed by atoms with E-state index < -0.39 is 23.4 Å². The van der Waals surface area contributed by atoms with Crippen LogP contribution in [0.1, 0.15) is 73.6 Å². The van der Waals surface area contributed by atoms with Gasteiger partial charge in [0.25, 0.3) is 5.91 Å². The summed E-state index contributed by atoms with van der Waals surface area (Å²) >= 11 is 6.46. The van der Waals surface area contributed by atoms with E-state index in [4.69, 9.17) is 25.8 Å². The van der Waals surface area contributed by atoms with Gasteiger partial charge in [0.05, 0.1) is 38.3 Å². The predicted octanol–water partition coefficient (Wildman–Crippen LogP) is 4.64. The standard InChI is InChI=1S/C28H35ClFN3O6/c1-15-22-23(27(36)33(15)12-16-6-7-19(37-5)10-17(16)13-34)25(29)32-26(24(22)30)31-20-8-9-38-14-18(20)11-21(35)39-28(2,3)4/h6-7,10,15,18,20,34H,8-9,11-14H2,1-5H3,(H,31,32)/t15?,18-,20+/m0/s1. The molecule has 3 heterocycles. The maximum atomic E-state index is 16.0. The van der Waals surface area contributed by atoms with Gasteiger partial charge in [-0.25, -0.2) is 9.37 Å². The third kappa shape index (κ3) is 6.28. The predicted molar refractivity (Wildman–Crippen MR) is 143 cm³/mol. The zero-order valence-electron chi connectivity index (χ0n) is 22.8. The molecule has 11 heteroatoms. The van der Waals surface area contributed by atoms with Crippen molar-refractivity contribution in [2.75, 3.05) is 25.6 Å². The molecular weight excluding hydrogens is 529 g/mol. The van der Waals surface area contributed by atoms with Crippen molar-refractivity contribution in [3.8, 4) is 5.75 Å². The van der Waals surface area contributed by atoms with Crippen LogP contribution >= 0.6 is 11.6 Å². The summed E-state index contributed by atoms with van der Waals surface area (Å²) in [6.45, 7) is 7.80. The molecule has 1 unspecified atom stereocenters. The van der Waals surface area contributed by atoms with Gasteiger partial charge in [0.2, 0.25) is 0 Å². The number of carbonyl (C=O) groups excluding carboxylic acids is 2. The zero-order chi connectivity index (χ0) is 28.5. The molecular formula is C28H35ClFN3O6. The molecule has 9 nitrogen and oxygen atoms in total. The molecule has 0 radical (unpaired) electrons. The number of fused-ring (bicyclic) bond motifs is 1. The van der Waals surface area contributed by atoms with E-state index in [0.717, 1.165) is 0 Å². The van der Waals surface area contributed by atoms with Gasteiger partial charge in [-0.1, -0.05) is 17.7 Å². The number of benzene rings is 1. The second-order valence-corrected chi connectivity index (χ2v) is 11.3. The maximum absolute atomic E-state index is 16.0. The first-order chi connectivity index (χ1) is 18.4. The molecule has 1 aromatic heterocycles. The van der Waals surface area contributed by atoms with E-state index in [0.29, 0.717) is 36.5 Å². The Hall–Kier alpha value is -2.95. The summed E-state index contributed by atoms with van der Waals surface area (Å²) in [4.78, 5) is 31.5. The van der Waals surface area contributed by atoms with Gasteiger partial charge in [-0.05, 0) is 57.4 Å². The summed E-state index contributed by atoms with van der Waals surface area (Å²) < 4.78 is 32.2. The van der Waals surface area contributed by atoms with Gasteiger partial charge in [0, 0.05) is 30.7 Å². The van der Waals surface area contributed by atoms with E-state index >= 15 is 4.39 Å². The van der Waals surface area contributed by atoms with E-state index in [2.05, 4.69) is 10.3 Å². The fraction of sp³-hybridized carbons (Fsp3) is 0.536. The van der Waals surface area contributed by atoms with Gasteiger partial charge < -0.3 is 29.5 Å². The van der Waals surface area contributed by atoms with Crippen LogP contribution < -0.4 is 10.1 Å². The number of methoxy groups -OCH3 is 1. The molecule has 2 aliphatic heterocycles. The average molecular weight is 564 g/mol. The van der Waals surface area contributed by atoms with Crippen LogP contribution in [0, 0.1) is 11.7 Å². The van der Waals surface area contributed by atoms with Gasteiger partial charge in [0.15, 0.2) is 11.6 Å². The highest BCUT2D eigenvalue weighted by atomic mass is 35.5. The van der Waals surface area contributed by atoms with Crippen LogP contribution in [0.15, 0.2) is 18.2 Å². The molecule has 39 heavy (non-hydrogen) atoms. The molecule has 2 N–H and O–H groups in total. The monoisotopic (exact) mass is 563 g/mol. The number of carbonyl (C=O) groups is 2. The third-order valence-corrected chi connectivity index (χ3v) is 7.33. The van der Waals surface area contributed by atoms with Gasteiger partial charge in [-0.15, -0.1) is 0 Å². The topological polar surface area (TPSA) is 110 Å². The van der Waals surface area contributed by atoms with Crippen LogP contribution in [0.2, 0.25) is 5.15 Å². The number of rotatable bonds is 8. The van der Waals surface area contributed by atoms with E-state index in [-0.39, 0.29) is 59.6 Å². The van der Waals surface area contributed by atoms with Gasteiger partial charge in [0.1, 0.15) is 16.5 Å². The van der Waals surface area contributed by atoms with Crippen LogP contribution in [0.25, 0.3) is 0 Å². The Bertz CT molecular complexity index is 1250. The second kappa shape index (κ2) is 11.7. The number of aromatic nitrogens is 1. The Balaban J connectivity index is 1.57. The Morgan fingerprint density at radius 2 is 2.08 bits per heavy atom. The Morgan fingerprint density at radius 3 is 2.74 bits per heavy atom. The molecule has 0 saturated carbocycles. The normalized spacial score (nSPS) is 21.1. The number of hydrogen-bond acceptors (Lipinski definition) is 8. The number of halogens is 2.